The Labute approximate surface area is 173 Å². The predicted molar refractivity (Wildman–Crippen MR) is 100 cm³/mol. The normalized spacial score (nSPS) is 19.6. The van der Waals surface area contributed by atoms with Crippen LogP contribution in [0.2, 0.25) is 0 Å². The van der Waals surface area contributed by atoms with Gasteiger partial charge in [-0.3, -0.25) is 14.2 Å². The molecule has 174 valence electrons. The number of aliphatic carboxylic acids is 1. The van der Waals surface area contributed by atoms with Gasteiger partial charge in [0, 0.05) is 12.1 Å². The fourth-order valence-electron chi connectivity index (χ4n) is 3.56. The van der Waals surface area contributed by atoms with E-state index in [1.54, 1.807) is 0 Å². The molecule has 0 heterocycles. The zero-order valence-corrected chi connectivity index (χ0v) is 17.6. The number of halogens is 3. The summed E-state index contributed by atoms with van der Waals surface area (Å²) in [7, 11) is -4.37. The average Bonchev–Trinajstić information content (AvgIpc) is 2.70. The summed E-state index contributed by atoms with van der Waals surface area (Å²) in [5.41, 5.74) is 5.18. The van der Waals surface area contributed by atoms with Gasteiger partial charge in [0.05, 0.1) is 0 Å². The molecule has 2 aliphatic carbocycles. The van der Waals surface area contributed by atoms with Gasteiger partial charge in [-0.2, -0.15) is 24.1 Å². The average molecular weight is 459 g/mol. The summed E-state index contributed by atoms with van der Waals surface area (Å²) in [4.78, 5) is 22.6. The van der Waals surface area contributed by atoms with E-state index < -0.39 is 38.5 Å². The number of nitrogens with zero attached hydrogens (tertiary/aromatic N) is 1. The third-order valence-corrected chi connectivity index (χ3v) is 6.58. The van der Waals surface area contributed by atoms with Crippen molar-refractivity contribution in [3.8, 4) is 0 Å². The van der Waals surface area contributed by atoms with Gasteiger partial charge < -0.3 is 10.0 Å². The SMILES string of the molecule is O=C(O)CN(CP(=O)(ONC1CCCCC1)ONC1CCCCC1)C(=O)C(F)(F)F. The predicted octanol–water partition coefficient (Wildman–Crippen LogP) is 3.32. The Morgan fingerprint density at radius 2 is 1.37 bits per heavy atom. The zero-order valence-electron chi connectivity index (χ0n) is 16.7. The summed E-state index contributed by atoms with van der Waals surface area (Å²) in [6, 6.07) is -0.312. The molecular weight excluding hydrogens is 430 g/mol. The number of hydroxylamine groups is 2. The smallest absolute Gasteiger partial charge is 0.471 e. The molecule has 30 heavy (non-hydrogen) atoms. The van der Waals surface area contributed by atoms with Gasteiger partial charge in [-0.15, -0.1) is 0 Å². The third kappa shape index (κ3) is 8.50. The number of rotatable bonds is 10. The van der Waals surface area contributed by atoms with E-state index in [-0.39, 0.29) is 17.0 Å². The van der Waals surface area contributed by atoms with Crippen LogP contribution in [0.1, 0.15) is 64.2 Å². The van der Waals surface area contributed by atoms with E-state index >= 15 is 0 Å². The Kier molecular flexibility index (Phi) is 9.55. The second-order valence-corrected chi connectivity index (χ2v) is 9.60. The van der Waals surface area contributed by atoms with Gasteiger partial charge in [-0.1, -0.05) is 38.5 Å². The van der Waals surface area contributed by atoms with Crippen LogP contribution < -0.4 is 11.0 Å². The number of hydrogen-bond donors (Lipinski definition) is 3. The molecule has 13 heteroatoms. The van der Waals surface area contributed by atoms with Gasteiger partial charge in [0.1, 0.15) is 12.8 Å². The molecule has 2 aliphatic rings. The van der Waals surface area contributed by atoms with Gasteiger partial charge in [0.2, 0.25) is 0 Å². The molecule has 0 spiro atoms. The van der Waals surface area contributed by atoms with Crippen molar-refractivity contribution in [3.05, 3.63) is 0 Å². The minimum atomic E-state index is -5.33. The lowest BCUT2D eigenvalue weighted by molar-refractivity contribution is -0.186. The molecule has 0 aliphatic heterocycles. The Bertz CT molecular complexity index is 598. The summed E-state index contributed by atoms with van der Waals surface area (Å²) in [6.45, 7) is -1.29. The molecule has 2 saturated carbocycles. The van der Waals surface area contributed by atoms with Crippen molar-refractivity contribution in [2.45, 2.75) is 82.5 Å². The summed E-state index contributed by atoms with van der Waals surface area (Å²) in [5, 5.41) is 8.90. The quantitative estimate of drug-likeness (QED) is 0.337. The van der Waals surface area contributed by atoms with Gasteiger partial charge >= 0.3 is 25.6 Å². The molecule has 1 amide bonds. The van der Waals surface area contributed by atoms with E-state index in [2.05, 4.69) is 11.0 Å². The van der Waals surface area contributed by atoms with Crippen molar-refractivity contribution >= 4 is 19.5 Å². The highest BCUT2D eigenvalue weighted by molar-refractivity contribution is 7.53. The van der Waals surface area contributed by atoms with Crippen molar-refractivity contribution in [2.24, 2.45) is 0 Å². The van der Waals surface area contributed by atoms with E-state index in [0.29, 0.717) is 0 Å². The van der Waals surface area contributed by atoms with Gasteiger partial charge in [-0.25, -0.2) is 9.25 Å². The topological polar surface area (TPSA) is 117 Å². The van der Waals surface area contributed by atoms with Crippen LogP contribution in [0.4, 0.5) is 13.2 Å². The lowest BCUT2D eigenvalue weighted by Gasteiger charge is -2.30. The summed E-state index contributed by atoms with van der Waals surface area (Å²) < 4.78 is 62.3. The van der Waals surface area contributed by atoms with Crippen LogP contribution in [0, 0.1) is 0 Å². The number of carboxylic acid groups (broad SMARTS) is 1. The van der Waals surface area contributed by atoms with Crippen molar-refractivity contribution in [3.63, 3.8) is 0 Å². The minimum Gasteiger partial charge on any atom is -0.480 e. The molecule has 0 radical (unpaired) electrons. The molecule has 0 atom stereocenters. The monoisotopic (exact) mass is 459 g/mol. The summed E-state index contributed by atoms with van der Waals surface area (Å²) in [6.07, 6.45) is 2.22. The van der Waals surface area contributed by atoms with Crippen LogP contribution in [-0.4, -0.2) is 53.0 Å². The van der Waals surface area contributed by atoms with Crippen molar-refractivity contribution in [1.82, 2.24) is 15.9 Å². The number of hydrogen-bond acceptors (Lipinski definition) is 7. The molecule has 0 bridgehead atoms. The molecule has 3 N–H and O–H groups in total. The second-order valence-electron chi connectivity index (χ2n) is 7.74. The largest absolute Gasteiger partial charge is 0.480 e. The Morgan fingerprint density at radius 1 is 0.933 bits per heavy atom. The highest BCUT2D eigenvalue weighted by atomic mass is 31.2. The van der Waals surface area contributed by atoms with Crippen LogP contribution in [0.25, 0.3) is 0 Å². The summed E-state index contributed by atoms with van der Waals surface area (Å²) in [5.74, 6) is -4.10. The first kappa shape index (κ1) is 25.1. The van der Waals surface area contributed by atoms with E-state index in [1.165, 1.54) is 0 Å². The number of carbonyl (C=O) groups is 2. The number of carbonyl (C=O) groups excluding carboxylic acids is 1. The first-order valence-corrected chi connectivity index (χ1v) is 11.9. The molecular formula is C17H29F3N3O6P. The minimum absolute atomic E-state index is 0.0752. The van der Waals surface area contributed by atoms with E-state index in [0.717, 1.165) is 64.2 Å². The molecule has 0 unspecified atom stereocenters. The van der Waals surface area contributed by atoms with Crippen molar-refractivity contribution in [1.29, 1.82) is 0 Å². The molecule has 2 rings (SSSR count). The van der Waals surface area contributed by atoms with E-state index in [9.17, 15) is 27.3 Å². The van der Waals surface area contributed by atoms with Crippen LogP contribution in [0.3, 0.4) is 0 Å². The number of alkyl halides is 3. The molecule has 9 nitrogen and oxygen atoms in total. The van der Waals surface area contributed by atoms with Gasteiger partial charge in [0.25, 0.3) is 0 Å². The first-order chi connectivity index (χ1) is 14.1. The van der Waals surface area contributed by atoms with E-state index in [4.69, 9.17) is 14.4 Å². The van der Waals surface area contributed by atoms with Crippen molar-refractivity contribution in [2.75, 3.05) is 12.8 Å². The molecule has 0 aromatic heterocycles. The second kappa shape index (κ2) is 11.4. The maximum absolute atomic E-state index is 13.2. The van der Waals surface area contributed by atoms with Crippen LogP contribution in [-0.2, 0) is 23.4 Å². The van der Waals surface area contributed by atoms with Gasteiger partial charge in [0.15, 0.2) is 0 Å². The summed E-state index contributed by atoms with van der Waals surface area (Å²) >= 11 is 0. The Morgan fingerprint density at radius 3 is 1.73 bits per heavy atom. The lowest BCUT2D eigenvalue weighted by Crippen LogP contribution is -2.45. The highest BCUT2D eigenvalue weighted by Crippen LogP contribution is 2.48. The fraction of sp³-hybridized carbons (Fsp3) is 0.882. The highest BCUT2D eigenvalue weighted by Gasteiger charge is 2.46. The molecule has 0 aromatic rings. The number of nitrogens with one attached hydrogen (secondary N) is 2. The molecule has 0 saturated heterocycles. The van der Waals surface area contributed by atoms with Crippen LogP contribution in [0.15, 0.2) is 0 Å². The molecule has 0 aromatic carbocycles. The maximum Gasteiger partial charge on any atom is 0.471 e. The fourth-order valence-corrected chi connectivity index (χ4v) is 4.98. The standard InChI is InChI=1S/C17H29F3N3O6P/c18-17(19,20)16(26)23(11-15(24)25)12-30(27,28-21-13-7-3-1-4-8-13)29-22-14-9-5-2-6-10-14/h13-14,21-22H,1-12H2,(H,24,25). The Hall–Kier alpha value is -1.20. The van der Waals surface area contributed by atoms with Crippen molar-refractivity contribution < 1.29 is 41.7 Å². The van der Waals surface area contributed by atoms with Gasteiger partial charge in [-0.05, 0) is 25.7 Å². The Balaban J connectivity index is 2.10. The third-order valence-electron chi connectivity index (χ3n) is 5.13. The molecule has 2 fully saturated rings. The lowest BCUT2D eigenvalue weighted by atomic mass is 9.96. The zero-order chi connectivity index (χ0) is 22.2. The number of amides is 1. The van der Waals surface area contributed by atoms with E-state index in [1.807, 2.05) is 0 Å². The van der Waals surface area contributed by atoms with Crippen LogP contribution in [0.5, 0.6) is 0 Å². The first-order valence-electron chi connectivity index (χ1n) is 10.1. The number of carboxylic acids is 1. The maximum atomic E-state index is 13.2. The van der Waals surface area contributed by atoms with Crippen LogP contribution >= 0.6 is 7.60 Å².